The number of para-hydroxylation sites is 1. The number of nitrogens with two attached hydrogens (primary N) is 1. The third-order valence-electron chi connectivity index (χ3n) is 4.46. The van der Waals surface area contributed by atoms with Crippen LogP contribution in [0.2, 0.25) is 0 Å². The van der Waals surface area contributed by atoms with E-state index >= 15 is 0 Å². The minimum Gasteiger partial charge on any atom is -0.465 e. The molecule has 0 aliphatic heterocycles. The van der Waals surface area contributed by atoms with E-state index in [-0.39, 0.29) is 24.3 Å². The molecular weight excluding hydrogens is 392 g/mol. The van der Waals surface area contributed by atoms with Gasteiger partial charge in [-0.15, -0.1) is 12.4 Å². The van der Waals surface area contributed by atoms with Crippen LogP contribution in [0.1, 0.15) is 17.3 Å². The number of rotatable bonds is 5. The van der Waals surface area contributed by atoms with E-state index in [4.69, 9.17) is 15.4 Å². The molecule has 2 heterocycles. The van der Waals surface area contributed by atoms with Gasteiger partial charge in [-0.1, -0.05) is 47.6 Å². The van der Waals surface area contributed by atoms with Crippen LogP contribution < -0.4 is 11.1 Å². The maximum absolute atomic E-state index is 10.8. The van der Waals surface area contributed by atoms with Crippen molar-refractivity contribution in [3.63, 3.8) is 0 Å². The Labute approximate surface area is 173 Å². The molecule has 7 nitrogen and oxygen atoms in total. The van der Waals surface area contributed by atoms with E-state index in [1.807, 2.05) is 54.6 Å². The Morgan fingerprint density at radius 2 is 1.83 bits per heavy atom. The number of hydrogen-bond donors (Lipinski definition) is 3. The fourth-order valence-corrected chi connectivity index (χ4v) is 3.22. The van der Waals surface area contributed by atoms with Crippen LogP contribution in [0.4, 0.5) is 10.6 Å². The van der Waals surface area contributed by atoms with Crippen molar-refractivity contribution in [1.82, 2.24) is 10.1 Å². The average Bonchev–Trinajstić information content (AvgIpc) is 3.12. The molecule has 2 aromatic carbocycles. The van der Waals surface area contributed by atoms with Crippen LogP contribution in [0.5, 0.6) is 0 Å². The number of pyridine rings is 1. The molecule has 0 radical (unpaired) electrons. The third kappa shape index (κ3) is 4.37. The first-order valence-electron chi connectivity index (χ1n) is 8.77. The number of nitrogens with one attached hydrogen (secondary N) is 1. The summed E-state index contributed by atoms with van der Waals surface area (Å²) >= 11 is 0. The third-order valence-corrected chi connectivity index (χ3v) is 4.46. The van der Waals surface area contributed by atoms with Crippen LogP contribution in [-0.2, 0) is 6.42 Å². The normalized spacial score (nSPS) is 11.6. The number of halogens is 1. The van der Waals surface area contributed by atoms with Crippen molar-refractivity contribution in [2.24, 2.45) is 5.73 Å². The maximum atomic E-state index is 10.8. The molecule has 0 saturated heterocycles. The van der Waals surface area contributed by atoms with E-state index in [0.717, 1.165) is 27.8 Å². The monoisotopic (exact) mass is 410 g/mol. The summed E-state index contributed by atoms with van der Waals surface area (Å²) in [5, 5.41) is 16.3. The smallest absolute Gasteiger partial charge is 0.410 e. The van der Waals surface area contributed by atoms with E-state index in [1.165, 1.54) is 0 Å². The minimum absolute atomic E-state index is 0. The summed E-state index contributed by atoms with van der Waals surface area (Å²) in [6, 6.07) is 20.3. The van der Waals surface area contributed by atoms with Gasteiger partial charge < -0.3 is 15.4 Å². The number of fused-ring (bicyclic) bond motifs is 1. The molecule has 0 saturated carbocycles. The first kappa shape index (κ1) is 20.3. The first-order valence-corrected chi connectivity index (χ1v) is 8.77. The number of benzene rings is 2. The summed E-state index contributed by atoms with van der Waals surface area (Å²) in [4.78, 5) is 15.1. The van der Waals surface area contributed by atoms with E-state index in [9.17, 15) is 4.79 Å². The highest BCUT2D eigenvalue weighted by Gasteiger charge is 2.18. The predicted octanol–water partition coefficient (Wildman–Crippen LogP) is 4.64. The van der Waals surface area contributed by atoms with Gasteiger partial charge in [-0.2, -0.15) is 0 Å². The largest absolute Gasteiger partial charge is 0.465 e. The second kappa shape index (κ2) is 8.72. The van der Waals surface area contributed by atoms with E-state index < -0.39 is 6.09 Å². The summed E-state index contributed by atoms with van der Waals surface area (Å²) in [6.07, 6.45) is -0.709. The molecular formula is C21H19ClN4O3. The Balaban J connectivity index is 0.00000240. The van der Waals surface area contributed by atoms with Crippen LogP contribution in [0.15, 0.2) is 71.3 Å². The van der Waals surface area contributed by atoms with Crippen molar-refractivity contribution < 1.29 is 14.4 Å². The van der Waals surface area contributed by atoms with Gasteiger partial charge >= 0.3 is 6.09 Å². The Morgan fingerprint density at radius 1 is 1.07 bits per heavy atom. The maximum Gasteiger partial charge on any atom is 0.410 e. The summed E-state index contributed by atoms with van der Waals surface area (Å²) in [5.41, 5.74) is 10.5. The molecule has 0 aliphatic carbocycles. The molecule has 0 unspecified atom stereocenters. The molecule has 0 spiro atoms. The molecule has 1 amide bonds. The Bertz CT molecular complexity index is 1150. The van der Waals surface area contributed by atoms with E-state index in [2.05, 4.69) is 15.5 Å². The highest BCUT2D eigenvalue weighted by molar-refractivity contribution is 5.92. The van der Waals surface area contributed by atoms with Gasteiger partial charge in [-0.3, -0.25) is 5.32 Å². The zero-order valence-corrected chi connectivity index (χ0v) is 16.1. The topological polar surface area (TPSA) is 114 Å². The molecule has 8 heteroatoms. The number of carboxylic acid groups (broad SMARTS) is 1. The second-order valence-corrected chi connectivity index (χ2v) is 6.37. The molecule has 4 N–H and O–H groups in total. The lowest BCUT2D eigenvalue weighted by molar-refractivity contribution is 0.209. The van der Waals surface area contributed by atoms with Crippen LogP contribution in [-0.4, -0.2) is 21.3 Å². The van der Waals surface area contributed by atoms with Crippen LogP contribution in [0.3, 0.4) is 0 Å². The zero-order valence-electron chi connectivity index (χ0n) is 15.3. The van der Waals surface area contributed by atoms with Crippen molar-refractivity contribution in [2.75, 3.05) is 5.32 Å². The van der Waals surface area contributed by atoms with Gasteiger partial charge in [0, 0.05) is 29.1 Å². The molecule has 0 bridgehead atoms. The first-order chi connectivity index (χ1) is 13.6. The van der Waals surface area contributed by atoms with Crippen LogP contribution in [0, 0.1) is 0 Å². The molecule has 148 valence electrons. The van der Waals surface area contributed by atoms with Crippen LogP contribution >= 0.6 is 12.4 Å². The van der Waals surface area contributed by atoms with E-state index in [0.29, 0.717) is 12.1 Å². The lowest BCUT2D eigenvalue weighted by atomic mass is 9.94. The number of aromatic nitrogens is 2. The quantitative estimate of drug-likeness (QED) is 0.441. The summed E-state index contributed by atoms with van der Waals surface area (Å²) in [5.74, 6) is 0.271. The standard InChI is InChI=1S/C21H18N4O3.ClH/c22-17(12-13-6-5-11-19(23-13)24-21(26)27)14-7-1-2-8-15(14)20-16-9-3-4-10-18(16)28-25-20;/h1-11,17H,12,22H2,(H,23,24)(H,26,27);1H/t17-;/m0./s1. The highest BCUT2D eigenvalue weighted by Crippen LogP contribution is 2.33. The van der Waals surface area contributed by atoms with Crippen molar-refractivity contribution in [3.8, 4) is 11.3 Å². The van der Waals surface area contributed by atoms with Crippen molar-refractivity contribution in [3.05, 3.63) is 78.0 Å². The molecule has 4 rings (SSSR count). The fraction of sp³-hybridized carbons (Fsp3) is 0.0952. The molecule has 0 aliphatic rings. The predicted molar refractivity (Wildman–Crippen MR) is 113 cm³/mol. The van der Waals surface area contributed by atoms with Gasteiger partial charge in [0.15, 0.2) is 5.58 Å². The highest BCUT2D eigenvalue weighted by atomic mass is 35.5. The zero-order chi connectivity index (χ0) is 19.5. The number of nitrogens with zero attached hydrogens (tertiary/aromatic N) is 2. The summed E-state index contributed by atoms with van der Waals surface area (Å²) < 4.78 is 5.44. The second-order valence-electron chi connectivity index (χ2n) is 6.37. The summed E-state index contributed by atoms with van der Waals surface area (Å²) in [6.45, 7) is 0. The Kier molecular flexibility index (Phi) is 6.11. The van der Waals surface area contributed by atoms with Crippen LogP contribution in [0.25, 0.3) is 22.2 Å². The van der Waals surface area contributed by atoms with Crippen molar-refractivity contribution >= 4 is 35.3 Å². The number of carbonyl (C=O) groups is 1. The SMILES string of the molecule is Cl.N[C@@H](Cc1cccc(NC(=O)O)n1)c1ccccc1-c1noc2ccccc12. The Morgan fingerprint density at radius 3 is 2.66 bits per heavy atom. The van der Waals surface area contributed by atoms with Crippen molar-refractivity contribution in [2.45, 2.75) is 12.5 Å². The summed E-state index contributed by atoms with van der Waals surface area (Å²) in [7, 11) is 0. The number of hydrogen-bond acceptors (Lipinski definition) is 5. The number of amides is 1. The van der Waals surface area contributed by atoms with Crippen molar-refractivity contribution in [1.29, 1.82) is 0 Å². The molecule has 1 atom stereocenters. The van der Waals surface area contributed by atoms with Gasteiger partial charge in [-0.25, -0.2) is 9.78 Å². The van der Waals surface area contributed by atoms with Gasteiger partial charge in [0.1, 0.15) is 11.5 Å². The number of anilines is 1. The molecule has 2 aromatic heterocycles. The fourth-order valence-electron chi connectivity index (χ4n) is 3.22. The van der Waals surface area contributed by atoms with Gasteiger partial charge in [0.05, 0.1) is 0 Å². The van der Waals surface area contributed by atoms with E-state index in [1.54, 1.807) is 12.1 Å². The average molecular weight is 411 g/mol. The van der Waals surface area contributed by atoms with Gasteiger partial charge in [0.25, 0.3) is 0 Å². The van der Waals surface area contributed by atoms with Gasteiger partial charge in [0.2, 0.25) is 0 Å². The lowest BCUT2D eigenvalue weighted by Crippen LogP contribution is -2.16. The van der Waals surface area contributed by atoms with Gasteiger partial charge in [-0.05, 0) is 29.8 Å². The lowest BCUT2D eigenvalue weighted by Gasteiger charge is -2.15. The molecule has 4 aromatic rings. The molecule has 29 heavy (non-hydrogen) atoms. The Hall–Kier alpha value is -3.42. The molecule has 0 fully saturated rings. The minimum atomic E-state index is -1.16.